The minimum atomic E-state index is -0.877. The molecule has 1 unspecified atom stereocenters. The normalized spacial score (nSPS) is 27.9. The minimum Gasteiger partial charge on any atom is -0.385 e. The lowest BCUT2D eigenvalue weighted by atomic mass is 9.66. The number of piperidine rings is 1. The molecule has 27 heavy (non-hydrogen) atoms. The topological polar surface area (TPSA) is 53.4 Å². The molecule has 2 heterocycles. The largest absolute Gasteiger partial charge is 0.385 e. The lowest BCUT2D eigenvalue weighted by Gasteiger charge is -2.52. The molecule has 1 aliphatic heterocycles. The summed E-state index contributed by atoms with van der Waals surface area (Å²) in [6.45, 7) is 2.38. The maximum absolute atomic E-state index is 13.3. The number of fused-ring (bicyclic) bond motifs is 1. The molecule has 1 aromatic heterocycles. The van der Waals surface area contributed by atoms with Gasteiger partial charge >= 0.3 is 0 Å². The number of halogens is 1. The van der Waals surface area contributed by atoms with Crippen LogP contribution < -0.4 is 0 Å². The van der Waals surface area contributed by atoms with Crippen molar-refractivity contribution in [2.45, 2.75) is 50.7 Å². The fraction of sp³-hybridized carbons (Fsp3) is 0.455. The van der Waals surface area contributed by atoms with Crippen molar-refractivity contribution in [1.82, 2.24) is 9.88 Å². The van der Waals surface area contributed by atoms with Crippen molar-refractivity contribution in [2.75, 3.05) is 6.54 Å². The van der Waals surface area contributed by atoms with Crippen LogP contribution in [-0.4, -0.2) is 33.5 Å². The number of nitrogens with zero attached hydrogens (tertiary/aromatic N) is 2. The van der Waals surface area contributed by atoms with Gasteiger partial charge in [-0.1, -0.05) is 54.8 Å². The van der Waals surface area contributed by atoms with Crippen LogP contribution in [0.5, 0.6) is 0 Å². The molecule has 4 rings (SSSR count). The Balaban J connectivity index is 1.66. The van der Waals surface area contributed by atoms with Crippen LogP contribution in [-0.2, 0) is 5.60 Å². The number of hydrogen-bond acceptors (Lipinski definition) is 3. The van der Waals surface area contributed by atoms with Crippen LogP contribution in [0.25, 0.3) is 0 Å². The van der Waals surface area contributed by atoms with Crippen LogP contribution >= 0.6 is 11.6 Å². The SMILES string of the molecule is Cc1ccc(C(=O)N2CC[C@@](O)(c3ccccc3)[C@@H]3CCCCC32)c(Cl)n1. The number of pyridine rings is 1. The van der Waals surface area contributed by atoms with E-state index in [0.29, 0.717) is 18.5 Å². The molecule has 0 bridgehead atoms. The van der Waals surface area contributed by atoms with Gasteiger partial charge in [0, 0.05) is 24.2 Å². The van der Waals surface area contributed by atoms with Crippen molar-refractivity contribution in [3.8, 4) is 0 Å². The molecule has 0 radical (unpaired) electrons. The van der Waals surface area contributed by atoms with Crippen molar-refractivity contribution < 1.29 is 9.90 Å². The summed E-state index contributed by atoms with van der Waals surface area (Å²) in [5.74, 6) is -0.0250. The van der Waals surface area contributed by atoms with Gasteiger partial charge in [0.25, 0.3) is 5.91 Å². The number of aryl methyl sites for hydroxylation is 1. The Morgan fingerprint density at radius 1 is 1.19 bits per heavy atom. The fourth-order valence-corrected chi connectivity index (χ4v) is 5.14. The summed E-state index contributed by atoms with van der Waals surface area (Å²) in [5.41, 5.74) is 1.34. The average Bonchev–Trinajstić information content (AvgIpc) is 2.69. The molecule has 1 aromatic carbocycles. The highest BCUT2D eigenvalue weighted by Gasteiger charge is 2.50. The zero-order valence-corrected chi connectivity index (χ0v) is 16.3. The third kappa shape index (κ3) is 3.26. The van der Waals surface area contributed by atoms with Gasteiger partial charge in [-0.2, -0.15) is 0 Å². The number of hydrogen-bond donors (Lipinski definition) is 1. The lowest BCUT2D eigenvalue weighted by Crippen LogP contribution is -2.59. The van der Waals surface area contributed by atoms with Gasteiger partial charge in [0.05, 0.1) is 11.2 Å². The van der Waals surface area contributed by atoms with E-state index in [-0.39, 0.29) is 23.0 Å². The lowest BCUT2D eigenvalue weighted by molar-refractivity contribution is -0.110. The first kappa shape index (κ1) is 18.5. The number of benzene rings is 1. The first-order valence-electron chi connectivity index (χ1n) is 9.73. The number of likely N-dealkylation sites (tertiary alicyclic amines) is 1. The molecule has 142 valence electrons. The highest BCUT2D eigenvalue weighted by molar-refractivity contribution is 6.32. The average molecular weight is 385 g/mol. The maximum Gasteiger partial charge on any atom is 0.257 e. The van der Waals surface area contributed by atoms with E-state index < -0.39 is 5.60 Å². The van der Waals surface area contributed by atoms with Crippen LogP contribution in [0, 0.1) is 12.8 Å². The Morgan fingerprint density at radius 2 is 1.93 bits per heavy atom. The van der Waals surface area contributed by atoms with Gasteiger partial charge in [0.2, 0.25) is 0 Å². The number of carbonyl (C=O) groups excluding carboxylic acids is 1. The second-order valence-electron chi connectivity index (χ2n) is 7.79. The molecular weight excluding hydrogens is 360 g/mol. The molecule has 2 fully saturated rings. The predicted octanol–water partition coefficient (Wildman–Crippen LogP) is 4.34. The first-order chi connectivity index (χ1) is 13.0. The van der Waals surface area contributed by atoms with E-state index in [9.17, 15) is 9.90 Å². The molecule has 0 spiro atoms. The molecule has 3 atom stereocenters. The van der Waals surface area contributed by atoms with Gasteiger partial charge < -0.3 is 10.0 Å². The van der Waals surface area contributed by atoms with Crippen LogP contribution in [0.1, 0.15) is 53.7 Å². The quantitative estimate of drug-likeness (QED) is 0.784. The standard InChI is InChI=1S/C22H25ClN2O2/c1-15-11-12-17(20(23)24-15)21(26)25-14-13-22(27,16-7-3-2-4-8-16)18-9-5-6-10-19(18)25/h2-4,7-8,11-12,18-19,27H,5-6,9-10,13-14H2,1H3/t18-,19?,22-/m1/s1. The van der Waals surface area contributed by atoms with Crippen molar-refractivity contribution in [1.29, 1.82) is 0 Å². The Morgan fingerprint density at radius 3 is 2.67 bits per heavy atom. The summed E-state index contributed by atoms with van der Waals surface area (Å²) in [6.07, 6.45) is 4.56. The second-order valence-corrected chi connectivity index (χ2v) is 8.15. The summed E-state index contributed by atoms with van der Waals surface area (Å²) in [5, 5.41) is 11.9. The fourth-order valence-electron chi connectivity index (χ4n) is 4.86. The summed E-state index contributed by atoms with van der Waals surface area (Å²) in [7, 11) is 0. The molecule has 1 aliphatic carbocycles. The number of rotatable bonds is 2. The number of aliphatic hydroxyl groups is 1. The monoisotopic (exact) mass is 384 g/mol. The smallest absolute Gasteiger partial charge is 0.257 e. The van der Waals surface area contributed by atoms with Crippen LogP contribution in [0.3, 0.4) is 0 Å². The van der Waals surface area contributed by atoms with Gasteiger partial charge in [-0.05, 0) is 43.9 Å². The Hall–Kier alpha value is -1.91. The summed E-state index contributed by atoms with van der Waals surface area (Å²) < 4.78 is 0. The Kier molecular flexibility index (Phi) is 4.95. The number of aromatic nitrogens is 1. The molecular formula is C22H25ClN2O2. The summed E-state index contributed by atoms with van der Waals surface area (Å²) in [4.78, 5) is 19.4. The highest BCUT2D eigenvalue weighted by atomic mass is 35.5. The van der Waals surface area contributed by atoms with Gasteiger partial charge in [-0.15, -0.1) is 0 Å². The minimum absolute atomic E-state index is 0.0302. The maximum atomic E-state index is 13.3. The second kappa shape index (κ2) is 7.25. The van der Waals surface area contributed by atoms with Gasteiger partial charge in [0.15, 0.2) is 0 Å². The zero-order chi connectivity index (χ0) is 19.0. The molecule has 1 saturated carbocycles. The molecule has 2 aromatic rings. The van der Waals surface area contributed by atoms with Gasteiger partial charge in [0.1, 0.15) is 5.15 Å². The number of carbonyl (C=O) groups is 1. The highest BCUT2D eigenvalue weighted by Crippen LogP contribution is 2.47. The van der Waals surface area contributed by atoms with Crippen molar-refractivity contribution in [2.24, 2.45) is 5.92 Å². The molecule has 1 N–H and O–H groups in total. The van der Waals surface area contributed by atoms with Crippen molar-refractivity contribution >= 4 is 17.5 Å². The molecule has 4 nitrogen and oxygen atoms in total. The van der Waals surface area contributed by atoms with E-state index in [4.69, 9.17) is 11.6 Å². The van der Waals surface area contributed by atoms with Crippen LogP contribution in [0.2, 0.25) is 5.15 Å². The number of amides is 1. The molecule has 1 saturated heterocycles. The van der Waals surface area contributed by atoms with E-state index in [0.717, 1.165) is 36.9 Å². The third-order valence-electron chi connectivity index (χ3n) is 6.23. The zero-order valence-electron chi connectivity index (χ0n) is 15.6. The summed E-state index contributed by atoms with van der Waals surface area (Å²) in [6, 6.07) is 13.5. The van der Waals surface area contributed by atoms with E-state index in [1.165, 1.54) is 0 Å². The van der Waals surface area contributed by atoms with Crippen LogP contribution in [0.4, 0.5) is 0 Å². The van der Waals surface area contributed by atoms with E-state index in [1.807, 2.05) is 48.2 Å². The van der Waals surface area contributed by atoms with Crippen molar-refractivity contribution in [3.05, 3.63) is 64.4 Å². The molecule has 1 amide bonds. The molecule has 5 heteroatoms. The van der Waals surface area contributed by atoms with E-state index in [2.05, 4.69) is 4.98 Å². The van der Waals surface area contributed by atoms with E-state index in [1.54, 1.807) is 6.07 Å². The Labute approximate surface area is 165 Å². The predicted molar refractivity (Wildman–Crippen MR) is 106 cm³/mol. The summed E-state index contributed by atoms with van der Waals surface area (Å²) >= 11 is 6.26. The Bertz CT molecular complexity index is 841. The third-order valence-corrected chi connectivity index (χ3v) is 6.52. The van der Waals surface area contributed by atoms with E-state index >= 15 is 0 Å². The van der Waals surface area contributed by atoms with Crippen LogP contribution in [0.15, 0.2) is 42.5 Å². The van der Waals surface area contributed by atoms with Gasteiger partial charge in [-0.3, -0.25) is 4.79 Å². The van der Waals surface area contributed by atoms with Crippen molar-refractivity contribution in [3.63, 3.8) is 0 Å². The molecule has 2 aliphatic rings. The van der Waals surface area contributed by atoms with Gasteiger partial charge in [-0.25, -0.2) is 4.98 Å². The first-order valence-corrected chi connectivity index (χ1v) is 10.1.